The van der Waals surface area contributed by atoms with Crippen molar-refractivity contribution < 1.29 is 32.4 Å². The first-order valence-corrected chi connectivity index (χ1v) is 9.69. The Kier molecular flexibility index (Phi) is 6.66. The average molecular weight is 451 g/mol. The third-order valence-corrected chi connectivity index (χ3v) is 5.14. The second kappa shape index (κ2) is 9.25. The number of ether oxygens (including phenoxy) is 1. The molecule has 11 heteroatoms. The first kappa shape index (κ1) is 23.0. The summed E-state index contributed by atoms with van der Waals surface area (Å²) in [7, 11) is 0. The van der Waals surface area contributed by atoms with Gasteiger partial charge < -0.3 is 14.5 Å². The first-order valence-electron chi connectivity index (χ1n) is 9.69. The lowest BCUT2D eigenvalue weighted by molar-refractivity contribution is -0.385. The Morgan fingerprint density at radius 3 is 2.38 bits per heavy atom. The summed E-state index contributed by atoms with van der Waals surface area (Å²) in [6.45, 7) is 1.99. The predicted octanol–water partition coefficient (Wildman–Crippen LogP) is 3.43. The quantitative estimate of drug-likeness (QED) is 0.393. The number of benzene rings is 2. The van der Waals surface area contributed by atoms with Crippen LogP contribution in [-0.4, -0.2) is 54.5 Å². The number of esters is 1. The number of carbonyl (C=O) groups excluding carboxylic acids is 2. The van der Waals surface area contributed by atoms with Crippen molar-refractivity contribution in [2.45, 2.75) is 13.1 Å². The van der Waals surface area contributed by atoms with Gasteiger partial charge in [0.05, 0.1) is 10.5 Å². The van der Waals surface area contributed by atoms with Crippen LogP contribution in [0.5, 0.6) is 0 Å². The normalized spacial score (nSPS) is 14.2. The number of hydrogen-bond acceptors (Lipinski definition) is 6. The van der Waals surface area contributed by atoms with Gasteiger partial charge in [-0.05, 0) is 31.2 Å². The molecule has 2 aromatic carbocycles. The van der Waals surface area contributed by atoms with E-state index in [0.29, 0.717) is 24.3 Å². The molecule has 32 heavy (non-hydrogen) atoms. The smallest absolute Gasteiger partial charge is 0.416 e. The van der Waals surface area contributed by atoms with Gasteiger partial charge in [-0.25, -0.2) is 4.79 Å². The van der Waals surface area contributed by atoms with Crippen molar-refractivity contribution in [2.75, 3.05) is 37.7 Å². The van der Waals surface area contributed by atoms with E-state index >= 15 is 0 Å². The van der Waals surface area contributed by atoms with Crippen molar-refractivity contribution in [3.8, 4) is 0 Å². The maximum atomic E-state index is 12.9. The molecule has 1 aliphatic rings. The van der Waals surface area contributed by atoms with Crippen LogP contribution in [0.4, 0.5) is 24.5 Å². The Bertz CT molecular complexity index is 1030. The van der Waals surface area contributed by atoms with Gasteiger partial charge in [0.2, 0.25) is 0 Å². The number of piperazine rings is 1. The number of nitrogens with zero attached hydrogens (tertiary/aromatic N) is 3. The summed E-state index contributed by atoms with van der Waals surface area (Å²) in [5, 5.41) is 11.2. The second-order valence-corrected chi connectivity index (χ2v) is 7.22. The molecule has 0 bridgehead atoms. The van der Waals surface area contributed by atoms with Crippen molar-refractivity contribution >= 4 is 23.3 Å². The first-order chi connectivity index (χ1) is 15.1. The third kappa shape index (κ3) is 5.16. The Hall–Kier alpha value is -3.63. The summed E-state index contributed by atoms with van der Waals surface area (Å²) in [6.07, 6.45) is -4.44. The molecule has 0 aromatic heterocycles. The number of nitro groups is 1. The van der Waals surface area contributed by atoms with E-state index in [1.165, 1.54) is 36.1 Å². The van der Waals surface area contributed by atoms with E-state index in [0.717, 1.165) is 12.1 Å². The van der Waals surface area contributed by atoms with Crippen molar-refractivity contribution in [3.05, 3.63) is 69.3 Å². The van der Waals surface area contributed by atoms with Crippen LogP contribution in [0.25, 0.3) is 0 Å². The zero-order chi connectivity index (χ0) is 23.5. The van der Waals surface area contributed by atoms with Crippen molar-refractivity contribution in [2.24, 2.45) is 0 Å². The fourth-order valence-electron chi connectivity index (χ4n) is 3.46. The SMILES string of the molecule is Cc1cccc(C(=O)OCC(=O)N2CCN(c3cccc(C(F)(F)F)c3)CC2)c1[N+](=O)[O-]. The van der Waals surface area contributed by atoms with Gasteiger partial charge in [0, 0.05) is 37.4 Å². The summed E-state index contributed by atoms with van der Waals surface area (Å²) in [4.78, 5) is 38.4. The number of anilines is 1. The predicted molar refractivity (Wildman–Crippen MR) is 108 cm³/mol. The van der Waals surface area contributed by atoms with Crippen molar-refractivity contribution in [3.63, 3.8) is 0 Å². The second-order valence-electron chi connectivity index (χ2n) is 7.22. The summed E-state index contributed by atoms with van der Waals surface area (Å²) >= 11 is 0. The van der Waals surface area contributed by atoms with Gasteiger partial charge in [-0.1, -0.05) is 18.2 Å². The highest BCUT2D eigenvalue weighted by molar-refractivity contribution is 5.95. The van der Waals surface area contributed by atoms with E-state index in [2.05, 4.69) is 0 Å². The van der Waals surface area contributed by atoms with Gasteiger partial charge in [-0.15, -0.1) is 0 Å². The van der Waals surface area contributed by atoms with E-state index in [1.807, 2.05) is 0 Å². The lowest BCUT2D eigenvalue weighted by atomic mass is 10.1. The van der Waals surface area contributed by atoms with Crippen LogP contribution in [0, 0.1) is 17.0 Å². The molecule has 0 saturated carbocycles. The number of hydrogen-bond donors (Lipinski definition) is 0. The molecule has 0 unspecified atom stereocenters. The summed E-state index contributed by atoms with van der Waals surface area (Å²) < 4.78 is 43.7. The number of rotatable bonds is 5. The monoisotopic (exact) mass is 451 g/mol. The molecule has 1 amide bonds. The van der Waals surface area contributed by atoms with Gasteiger partial charge in [-0.3, -0.25) is 14.9 Å². The maximum Gasteiger partial charge on any atom is 0.416 e. The van der Waals surface area contributed by atoms with Gasteiger partial charge in [0.1, 0.15) is 5.56 Å². The minimum atomic E-state index is -4.44. The minimum Gasteiger partial charge on any atom is -0.452 e. The van der Waals surface area contributed by atoms with Crippen LogP contribution in [-0.2, 0) is 15.7 Å². The molecule has 0 atom stereocenters. The van der Waals surface area contributed by atoms with Crippen molar-refractivity contribution in [1.82, 2.24) is 4.90 Å². The maximum absolute atomic E-state index is 12.9. The van der Waals surface area contributed by atoms with Crippen LogP contribution in [0.3, 0.4) is 0 Å². The van der Waals surface area contributed by atoms with Crippen LogP contribution in [0.1, 0.15) is 21.5 Å². The highest BCUT2D eigenvalue weighted by Gasteiger charge is 2.31. The number of alkyl halides is 3. The average Bonchev–Trinajstić information content (AvgIpc) is 2.76. The molecule has 0 radical (unpaired) electrons. The van der Waals surface area contributed by atoms with Crippen LogP contribution in [0.15, 0.2) is 42.5 Å². The topological polar surface area (TPSA) is 93.0 Å². The fourth-order valence-corrected chi connectivity index (χ4v) is 3.46. The molecule has 1 fully saturated rings. The van der Waals surface area contributed by atoms with Gasteiger partial charge >= 0.3 is 12.1 Å². The molecule has 3 rings (SSSR count). The van der Waals surface area contributed by atoms with E-state index < -0.39 is 35.1 Å². The Labute approximate surface area is 181 Å². The number of nitro benzene ring substituents is 1. The zero-order valence-electron chi connectivity index (χ0n) is 17.1. The molecular formula is C21H20F3N3O5. The van der Waals surface area contributed by atoms with Gasteiger partial charge in [0.25, 0.3) is 11.6 Å². The molecule has 2 aromatic rings. The molecular weight excluding hydrogens is 431 g/mol. The molecule has 0 aliphatic carbocycles. The largest absolute Gasteiger partial charge is 0.452 e. The lowest BCUT2D eigenvalue weighted by Crippen LogP contribution is -2.50. The Balaban J connectivity index is 1.56. The molecule has 0 N–H and O–H groups in total. The number of para-hydroxylation sites is 1. The third-order valence-electron chi connectivity index (χ3n) is 5.14. The highest BCUT2D eigenvalue weighted by Crippen LogP contribution is 2.32. The van der Waals surface area contributed by atoms with Gasteiger partial charge in [0.15, 0.2) is 6.61 Å². The fraction of sp³-hybridized carbons (Fsp3) is 0.333. The van der Waals surface area contributed by atoms with E-state index in [-0.39, 0.29) is 24.3 Å². The van der Waals surface area contributed by atoms with E-state index in [1.54, 1.807) is 11.0 Å². The standard InChI is InChI=1S/C21H20F3N3O5/c1-14-4-2-7-17(19(14)27(30)31)20(29)32-13-18(28)26-10-8-25(9-11-26)16-6-3-5-15(12-16)21(22,23)24/h2-7,12H,8-11,13H2,1H3. The van der Waals surface area contributed by atoms with E-state index in [4.69, 9.17) is 4.74 Å². The lowest BCUT2D eigenvalue weighted by Gasteiger charge is -2.36. The van der Waals surface area contributed by atoms with Gasteiger partial charge in [-0.2, -0.15) is 13.2 Å². The number of halogens is 3. The highest BCUT2D eigenvalue weighted by atomic mass is 19.4. The summed E-state index contributed by atoms with van der Waals surface area (Å²) in [5.41, 5.74) is -0.658. The number of aryl methyl sites for hydroxylation is 1. The molecule has 1 aliphatic heterocycles. The summed E-state index contributed by atoms with van der Waals surface area (Å²) in [5.74, 6) is -1.46. The van der Waals surface area contributed by atoms with Crippen molar-refractivity contribution in [1.29, 1.82) is 0 Å². The Morgan fingerprint density at radius 1 is 1.09 bits per heavy atom. The van der Waals surface area contributed by atoms with Crippen LogP contribution in [0.2, 0.25) is 0 Å². The Morgan fingerprint density at radius 2 is 1.75 bits per heavy atom. The molecule has 170 valence electrons. The zero-order valence-corrected chi connectivity index (χ0v) is 17.1. The number of carbonyl (C=O) groups is 2. The molecule has 8 nitrogen and oxygen atoms in total. The minimum absolute atomic E-state index is 0.233. The summed E-state index contributed by atoms with van der Waals surface area (Å²) in [6, 6.07) is 9.19. The van der Waals surface area contributed by atoms with E-state index in [9.17, 15) is 32.9 Å². The van der Waals surface area contributed by atoms with Crippen LogP contribution >= 0.6 is 0 Å². The number of amides is 1. The van der Waals surface area contributed by atoms with Crippen LogP contribution < -0.4 is 4.90 Å². The molecule has 1 heterocycles. The molecule has 1 saturated heterocycles. The molecule has 0 spiro atoms.